The Hall–Kier alpha value is -1.68. The lowest BCUT2D eigenvalue weighted by Crippen LogP contribution is -2.28. The molecule has 116 valence electrons. The van der Waals surface area contributed by atoms with E-state index in [-0.39, 0.29) is 5.78 Å². The van der Waals surface area contributed by atoms with Gasteiger partial charge in [-0.1, -0.05) is 26.0 Å². The number of Topliss-reactive ketones (excluding diaryl/α,β-unsaturated/α-hetero) is 1. The van der Waals surface area contributed by atoms with E-state index in [2.05, 4.69) is 24.1 Å². The minimum absolute atomic E-state index is 0.00696. The number of anilines is 1. The third-order valence-electron chi connectivity index (χ3n) is 3.49. The molecule has 1 amide bonds. The fraction of sp³-hybridized carbons (Fsp3) is 0.529. The van der Waals surface area contributed by atoms with Crippen LogP contribution in [0.5, 0.6) is 0 Å². The molecule has 0 aliphatic carbocycles. The van der Waals surface area contributed by atoms with E-state index >= 15 is 0 Å². The van der Waals surface area contributed by atoms with Gasteiger partial charge in [0.2, 0.25) is 6.41 Å². The number of carbonyl (C=O) groups is 2. The van der Waals surface area contributed by atoms with Gasteiger partial charge in [0.05, 0.1) is 5.69 Å². The van der Waals surface area contributed by atoms with Gasteiger partial charge in [0, 0.05) is 12.1 Å². The van der Waals surface area contributed by atoms with Crippen molar-refractivity contribution in [3.8, 4) is 0 Å². The summed E-state index contributed by atoms with van der Waals surface area (Å²) < 4.78 is 0. The van der Waals surface area contributed by atoms with Crippen molar-refractivity contribution in [2.45, 2.75) is 40.0 Å². The number of hydrogen-bond donors (Lipinski definition) is 1. The lowest BCUT2D eigenvalue weighted by atomic mass is 9.99. The first-order chi connectivity index (χ1) is 10.1. The van der Waals surface area contributed by atoms with E-state index < -0.39 is 0 Å². The number of hydrogen-bond acceptors (Lipinski definition) is 3. The van der Waals surface area contributed by atoms with Crippen molar-refractivity contribution in [2.75, 3.05) is 25.0 Å². The number of nitrogens with zero attached hydrogens (tertiary/aromatic N) is 1. The monoisotopic (exact) mass is 290 g/mol. The highest BCUT2D eigenvalue weighted by atomic mass is 16.1. The molecule has 0 aromatic heterocycles. The summed E-state index contributed by atoms with van der Waals surface area (Å²) in [6.07, 6.45) is 3.70. The first-order valence-electron chi connectivity index (χ1n) is 7.69. The zero-order chi connectivity index (χ0) is 15.7. The lowest BCUT2D eigenvalue weighted by Gasteiger charge is -2.21. The molecular weight excluding hydrogens is 264 g/mol. The van der Waals surface area contributed by atoms with E-state index in [1.807, 2.05) is 12.1 Å². The molecular formula is C17H26N2O2. The minimum Gasteiger partial charge on any atom is -0.328 e. The molecule has 0 saturated carbocycles. The molecule has 1 aromatic carbocycles. The molecule has 0 unspecified atom stereocenters. The Bertz CT molecular complexity index is 466. The Morgan fingerprint density at radius 2 is 1.86 bits per heavy atom. The summed E-state index contributed by atoms with van der Waals surface area (Å²) in [4.78, 5) is 25.0. The maximum atomic E-state index is 11.9. The molecule has 0 spiro atoms. The summed E-state index contributed by atoms with van der Waals surface area (Å²) in [5.41, 5.74) is 2.25. The van der Waals surface area contributed by atoms with Crippen molar-refractivity contribution in [3.05, 3.63) is 29.3 Å². The van der Waals surface area contributed by atoms with E-state index in [4.69, 9.17) is 0 Å². The van der Waals surface area contributed by atoms with Gasteiger partial charge in [0.1, 0.15) is 0 Å². The van der Waals surface area contributed by atoms with Crippen molar-refractivity contribution in [1.29, 1.82) is 0 Å². The smallest absolute Gasteiger partial charge is 0.211 e. The van der Waals surface area contributed by atoms with Crippen molar-refractivity contribution in [3.63, 3.8) is 0 Å². The molecule has 4 nitrogen and oxygen atoms in total. The van der Waals surface area contributed by atoms with Crippen molar-refractivity contribution >= 4 is 17.9 Å². The largest absolute Gasteiger partial charge is 0.328 e. The Kier molecular flexibility index (Phi) is 7.69. The van der Waals surface area contributed by atoms with Gasteiger partial charge < -0.3 is 10.2 Å². The van der Waals surface area contributed by atoms with Gasteiger partial charge in [0.25, 0.3) is 0 Å². The molecule has 0 atom stereocenters. The van der Waals surface area contributed by atoms with Crippen LogP contribution in [0.2, 0.25) is 0 Å². The molecule has 1 aromatic rings. The van der Waals surface area contributed by atoms with Gasteiger partial charge in [0.15, 0.2) is 5.78 Å². The van der Waals surface area contributed by atoms with Crippen LogP contribution in [0.4, 0.5) is 5.69 Å². The highest BCUT2D eigenvalue weighted by Gasteiger charge is 2.13. The standard InChI is InChI=1S/C17H26N2O2/c1-4-10-19(11-5-2)12-9-15-7-6-8-16(18-13-20)17(15)14(3)21/h6-8,13H,4-5,9-12H2,1-3H3,(H,18,20). The predicted octanol–water partition coefficient (Wildman–Crippen LogP) is 3.12. The maximum Gasteiger partial charge on any atom is 0.211 e. The van der Waals surface area contributed by atoms with E-state index in [0.717, 1.165) is 44.5 Å². The number of carbonyl (C=O) groups excluding carboxylic acids is 2. The molecule has 0 saturated heterocycles. The van der Waals surface area contributed by atoms with Crippen LogP contribution < -0.4 is 5.32 Å². The Balaban J connectivity index is 2.88. The first kappa shape index (κ1) is 17.4. The van der Waals surface area contributed by atoms with E-state index in [0.29, 0.717) is 17.7 Å². The molecule has 0 heterocycles. The Morgan fingerprint density at radius 3 is 2.38 bits per heavy atom. The molecule has 0 aliphatic rings. The van der Waals surface area contributed by atoms with Gasteiger partial charge in [-0.3, -0.25) is 9.59 Å². The number of benzene rings is 1. The van der Waals surface area contributed by atoms with E-state index in [1.165, 1.54) is 0 Å². The van der Waals surface area contributed by atoms with Gasteiger partial charge in [-0.05, 0) is 50.9 Å². The third kappa shape index (κ3) is 5.31. The number of ketones is 1. The van der Waals surface area contributed by atoms with Crippen LogP contribution in [0, 0.1) is 0 Å². The van der Waals surface area contributed by atoms with Gasteiger partial charge in [-0.25, -0.2) is 0 Å². The second kappa shape index (κ2) is 9.29. The first-order valence-corrected chi connectivity index (χ1v) is 7.69. The SMILES string of the molecule is CCCN(CCC)CCc1cccc(NC=O)c1C(C)=O. The molecule has 21 heavy (non-hydrogen) atoms. The Labute approximate surface area is 127 Å². The average Bonchev–Trinajstić information content (AvgIpc) is 2.45. The number of amides is 1. The van der Waals surface area contributed by atoms with Crippen molar-refractivity contribution < 1.29 is 9.59 Å². The number of nitrogens with one attached hydrogen (secondary N) is 1. The molecule has 0 bridgehead atoms. The predicted molar refractivity (Wildman–Crippen MR) is 86.9 cm³/mol. The van der Waals surface area contributed by atoms with Crippen LogP contribution in [0.15, 0.2) is 18.2 Å². The summed E-state index contributed by atoms with van der Waals surface area (Å²) >= 11 is 0. The van der Waals surface area contributed by atoms with Crippen LogP contribution in [0.3, 0.4) is 0 Å². The Morgan fingerprint density at radius 1 is 1.19 bits per heavy atom. The fourth-order valence-electron chi connectivity index (χ4n) is 2.65. The van der Waals surface area contributed by atoms with E-state index in [1.54, 1.807) is 13.0 Å². The van der Waals surface area contributed by atoms with Gasteiger partial charge in [-0.15, -0.1) is 0 Å². The van der Waals surface area contributed by atoms with Gasteiger partial charge in [-0.2, -0.15) is 0 Å². The minimum atomic E-state index is -0.00696. The summed E-state index contributed by atoms with van der Waals surface area (Å²) in [5, 5.41) is 2.62. The quantitative estimate of drug-likeness (QED) is 0.532. The summed E-state index contributed by atoms with van der Waals surface area (Å²) in [6.45, 7) is 9.00. The average molecular weight is 290 g/mol. The van der Waals surface area contributed by atoms with Crippen LogP contribution >= 0.6 is 0 Å². The fourth-order valence-corrected chi connectivity index (χ4v) is 2.65. The second-order valence-electron chi connectivity index (χ2n) is 5.25. The molecule has 0 aliphatic heterocycles. The summed E-state index contributed by atoms with van der Waals surface area (Å²) in [6, 6.07) is 5.63. The molecule has 1 N–H and O–H groups in total. The normalized spacial score (nSPS) is 10.7. The molecule has 0 radical (unpaired) electrons. The highest BCUT2D eigenvalue weighted by molar-refractivity contribution is 6.02. The molecule has 4 heteroatoms. The lowest BCUT2D eigenvalue weighted by molar-refractivity contribution is -0.105. The van der Waals surface area contributed by atoms with Crippen LogP contribution in [0.1, 0.15) is 49.5 Å². The van der Waals surface area contributed by atoms with Crippen molar-refractivity contribution in [2.24, 2.45) is 0 Å². The third-order valence-corrected chi connectivity index (χ3v) is 3.49. The topological polar surface area (TPSA) is 49.4 Å². The van der Waals surface area contributed by atoms with Crippen LogP contribution in [-0.4, -0.2) is 36.7 Å². The van der Waals surface area contributed by atoms with Crippen LogP contribution in [0.25, 0.3) is 0 Å². The summed E-state index contributed by atoms with van der Waals surface area (Å²) in [7, 11) is 0. The number of rotatable bonds is 10. The van der Waals surface area contributed by atoms with Crippen LogP contribution in [-0.2, 0) is 11.2 Å². The zero-order valence-electron chi connectivity index (χ0n) is 13.3. The van der Waals surface area contributed by atoms with E-state index in [9.17, 15) is 9.59 Å². The highest BCUT2D eigenvalue weighted by Crippen LogP contribution is 2.21. The summed E-state index contributed by atoms with van der Waals surface area (Å²) in [5.74, 6) is -0.00696. The molecule has 0 fully saturated rings. The maximum absolute atomic E-state index is 11.9. The zero-order valence-corrected chi connectivity index (χ0v) is 13.3. The molecule has 1 rings (SSSR count). The van der Waals surface area contributed by atoms with Gasteiger partial charge >= 0.3 is 0 Å². The van der Waals surface area contributed by atoms with Crippen molar-refractivity contribution in [1.82, 2.24) is 4.90 Å². The second-order valence-corrected chi connectivity index (χ2v) is 5.25.